The van der Waals surface area contributed by atoms with Crippen LogP contribution in [0.15, 0.2) is 49.1 Å². The molecular weight excluding hydrogens is 614 g/mol. The summed E-state index contributed by atoms with van der Waals surface area (Å²) in [6, 6.07) is 9.23. The molecule has 4 atom stereocenters. The van der Waals surface area contributed by atoms with Gasteiger partial charge in [0.25, 0.3) is 0 Å². The number of rotatable bonds is 6. The number of benzene rings is 3. The average Bonchev–Trinajstić information content (AvgIpc) is 3.50. The number of ether oxygens (including phenoxy) is 1. The van der Waals surface area contributed by atoms with E-state index in [4.69, 9.17) is 32.9 Å². The summed E-state index contributed by atoms with van der Waals surface area (Å²) >= 11 is 13.2. The van der Waals surface area contributed by atoms with Gasteiger partial charge in [-0.1, -0.05) is 54.0 Å². The molecule has 3 aliphatic heterocycles. The van der Waals surface area contributed by atoms with Gasteiger partial charge >= 0.3 is 6.01 Å². The van der Waals surface area contributed by atoms with Crippen LogP contribution >= 0.6 is 23.2 Å². The van der Waals surface area contributed by atoms with E-state index in [1.54, 1.807) is 35.2 Å². The van der Waals surface area contributed by atoms with E-state index in [9.17, 15) is 13.6 Å². The van der Waals surface area contributed by atoms with Crippen molar-refractivity contribution in [1.29, 1.82) is 0 Å². The van der Waals surface area contributed by atoms with E-state index in [1.165, 1.54) is 12.1 Å². The first kappa shape index (κ1) is 29.1. The fourth-order valence-electron chi connectivity index (χ4n) is 6.84. The fourth-order valence-corrected chi connectivity index (χ4v) is 7.41. The number of amides is 1. The third-order valence-electron chi connectivity index (χ3n) is 9.11. The van der Waals surface area contributed by atoms with Gasteiger partial charge in [0, 0.05) is 42.0 Å². The van der Waals surface area contributed by atoms with Crippen LogP contribution in [-0.4, -0.2) is 83.3 Å². The van der Waals surface area contributed by atoms with Gasteiger partial charge in [0.15, 0.2) is 5.82 Å². The lowest BCUT2D eigenvalue weighted by atomic mass is 9.94. The smallest absolute Gasteiger partial charge is 0.319 e. The van der Waals surface area contributed by atoms with E-state index in [-0.39, 0.29) is 57.8 Å². The van der Waals surface area contributed by atoms with Gasteiger partial charge < -0.3 is 14.5 Å². The second kappa shape index (κ2) is 11.1. The Kier molecular flexibility index (Phi) is 7.34. The average molecular weight is 643 g/mol. The van der Waals surface area contributed by atoms with Crippen LogP contribution in [0.5, 0.6) is 6.01 Å². The lowest BCUT2D eigenvalue weighted by molar-refractivity contribution is -0.127. The van der Waals surface area contributed by atoms with Gasteiger partial charge in [0.1, 0.15) is 29.9 Å². The Morgan fingerprint density at radius 2 is 1.98 bits per heavy atom. The number of halogens is 5. The van der Waals surface area contributed by atoms with E-state index in [2.05, 4.69) is 11.6 Å². The maximum absolute atomic E-state index is 16.8. The summed E-state index contributed by atoms with van der Waals surface area (Å²) in [5, 5.41) is 1.26. The number of fused-ring (bicyclic) bond motifs is 3. The molecule has 3 aliphatic rings. The van der Waals surface area contributed by atoms with E-state index in [1.807, 2.05) is 16.8 Å². The number of carbonyl (C=O) groups is 1. The Labute approximate surface area is 261 Å². The summed E-state index contributed by atoms with van der Waals surface area (Å²) in [6.45, 7) is 5.08. The molecule has 4 aromatic rings. The number of hydrogen-bond donors (Lipinski definition) is 0. The first-order valence-corrected chi connectivity index (χ1v) is 15.2. The van der Waals surface area contributed by atoms with Crippen molar-refractivity contribution in [2.45, 2.75) is 37.1 Å². The monoisotopic (exact) mass is 641 g/mol. The number of carbonyl (C=O) groups excluding carboxylic acids is 1. The Morgan fingerprint density at radius 3 is 2.73 bits per heavy atom. The van der Waals surface area contributed by atoms with Crippen molar-refractivity contribution in [3.63, 3.8) is 0 Å². The quantitative estimate of drug-likeness (QED) is 0.226. The van der Waals surface area contributed by atoms with Crippen molar-refractivity contribution < 1.29 is 22.7 Å². The number of hydrogen-bond acceptors (Lipinski definition) is 6. The Bertz CT molecular complexity index is 1840. The summed E-state index contributed by atoms with van der Waals surface area (Å²) in [7, 11) is 1.82. The number of anilines is 1. The molecule has 3 saturated heterocycles. The van der Waals surface area contributed by atoms with Crippen LogP contribution in [0.25, 0.3) is 32.8 Å². The molecule has 228 valence electrons. The number of alkyl halides is 1. The second-order valence-electron chi connectivity index (χ2n) is 11.6. The van der Waals surface area contributed by atoms with E-state index >= 15 is 4.39 Å². The summed E-state index contributed by atoms with van der Waals surface area (Å²) in [6.07, 6.45) is 1.36. The molecule has 12 heteroatoms. The molecule has 44 heavy (non-hydrogen) atoms. The number of likely N-dealkylation sites (tertiary alicyclic amines) is 2. The normalized spacial score (nSPS) is 23.3. The molecule has 3 aromatic carbocycles. The van der Waals surface area contributed by atoms with Crippen LogP contribution in [0.1, 0.15) is 12.8 Å². The molecule has 0 spiro atoms. The van der Waals surface area contributed by atoms with Crippen LogP contribution in [0.4, 0.5) is 19.0 Å². The predicted octanol–water partition coefficient (Wildman–Crippen LogP) is 6.43. The van der Waals surface area contributed by atoms with Crippen molar-refractivity contribution in [2.75, 3.05) is 38.2 Å². The first-order chi connectivity index (χ1) is 21.2. The Hall–Kier alpha value is -3.60. The number of nitrogens with zero attached hydrogens (tertiary/aromatic N) is 5. The van der Waals surface area contributed by atoms with E-state index < -0.39 is 17.8 Å². The van der Waals surface area contributed by atoms with Crippen LogP contribution in [0.3, 0.4) is 0 Å². The van der Waals surface area contributed by atoms with Gasteiger partial charge in [-0.05, 0) is 49.0 Å². The number of likely N-dealkylation sites (N-methyl/N-ethyl adjacent to an activating group) is 1. The molecule has 4 heterocycles. The predicted molar refractivity (Wildman–Crippen MR) is 165 cm³/mol. The van der Waals surface area contributed by atoms with Crippen molar-refractivity contribution in [2.24, 2.45) is 0 Å². The van der Waals surface area contributed by atoms with Crippen molar-refractivity contribution in [3.05, 3.63) is 70.7 Å². The van der Waals surface area contributed by atoms with Crippen LogP contribution in [0.2, 0.25) is 10.0 Å². The molecule has 0 N–H and O–H groups in total. The zero-order valence-electron chi connectivity index (χ0n) is 23.7. The zero-order chi connectivity index (χ0) is 30.9. The molecule has 0 radical (unpaired) electrons. The van der Waals surface area contributed by atoms with Gasteiger partial charge in [-0.2, -0.15) is 9.97 Å². The van der Waals surface area contributed by atoms with Crippen molar-refractivity contribution >= 4 is 56.6 Å². The molecule has 3 fully saturated rings. The third-order valence-corrected chi connectivity index (χ3v) is 9.78. The summed E-state index contributed by atoms with van der Waals surface area (Å²) < 4.78 is 51.3. The Morgan fingerprint density at radius 1 is 1.16 bits per heavy atom. The largest absolute Gasteiger partial charge is 0.462 e. The lowest BCUT2D eigenvalue weighted by Gasteiger charge is -2.47. The third kappa shape index (κ3) is 4.66. The maximum Gasteiger partial charge on any atom is 0.319 e. The molecule has 1 aromatic heterocycles. The minimum Gasteiger partial charge on any atom is -0.462 e. The SMILES string of the molecule is C=CC(=O)N1CCC2[C@H]1CN2c1nc(OC[C@@H]2C[C@@H](F)CN2C)nc2c(F)c(-c3cccc4ccc(F)c(Cl)c34)c(Cl)cc12. The highest BCUT2D eigenvalue weighted by Crippen LogP contribution is 2.45. The highest BCUT2D eigenvalue weighted by molar-refractivity contribution is 6.38. The highest BCUT2D eigenvalue weighted by Gasteiger charge is 2.49. The van der Waals surface area contributed by atoms with Gasteiger partial charge in [-0.15, -0.1) is 0 Å². The van der Waals surface area contributed by atoms with Gasteiger partial charge in [-0.3, -0.25) is 9.69 Å². The Balaban J connectivity index is 1.36. The molecule has 0 bridgehead atoms. The number of aromatic nitrogens is 2. The van der Waals surface area contributed by atoms with Crippen molar-refractivity contribution in [3.8, 4) is 17.1 Å². The maximum atomic E-state index is 16.8. The lowest BCUT2D eigenvalue weighted by Crippen LogP contribution is -2.63. The minimum atomic E-state index is -0.956. The molecule has 1 amide bonds. The molecule has 7 rings (SSSR count). The minimum absolute atomic E-state index is 0.0220. The van der Waals surface area contributed by atoms with Crippen LogP contribution < -0.4 is 9.64 Å². The molecule has 0 aliphatic carbocycles. The van der Waals surface area contributed by atoms with Gasteiger partial charge in [0.05, 0.1) is 22.1 Å². The molecule has 1 unspecified atom stereocenters. The summed E-state index contributed by atoms with van der Waals surface area (Å²) in [5.74, 6) is -1.08. The first-order valence-electron chi connectivity index (χ1n) is 14.4. The summed E-state index contributed by atoms with van der Waals surface area (Å²) in [4.78, 5) is 27.2. The van der Waals surface area contributed by atoms with Crippen LogP contribution in [0, 0.1) is 11.6 Å². The van der Waals surface area contributed by atoms with Gasteiger partial charge in [0.2, 0.25) is 5.91 Å². The van der Waals surface area contributed by atoms with Gasteiger partial charge in [-0.25, -0.2) is 13.2 Å². The van der Waals surface area contributed by atoms with E-state index in [0.717, 1.165) is 0 Å². The highest BCUT2D eigenvalue weighted by atomic mass is 35.5. The fraction of sp³-hybridized carbons (Fsp3) is 0.344. The van der Waals surface area contributed by atoms with E-state index in [0.29, 0.717) is 60.0 Å². The summed E-state index contributed by atoms with van der Waals surface area (Å²) in [5.41, 5.74) is 0.310. The van der Waals surface area contributed by atoms with Crippen molar-refractivity contribution in [1.82, 2.24) is 19.8 Å². The second-order valence-corrected chi connectivity index (χ2v) is 12.4. The van der Waals surface area contributed by atoms with Crippen LogP contribution in [-0.2, 0) is 4.79 Å². The zero-order valence-corrected chi connectivity index (χ0v) is 25.3. The topological polar surface area (TPSA) is 61.8 Å². The molecule has 0 saturated carbocycles. The molecular formula is C32H28Cl2F3N5O2. The standard InChI is InChI=1S/C32H28Cl2F3N5O2/c1-3-25(43)41-10-9-23-24(41)14-42(23)31-20-12-21(33)27(19-6-4-5-16-7-8-22(36)28(34)26(16)19)29(37)30(20)38-32(39-31)44-15-18-11-17(35)13-40(18)2/h3-8,12,17-18,23-24H,1,9-11,13-15H2,2H3/t17-,18+,23?,24-/m1/s1. The molecule has 7 nitrogen and oxygen atoms in total.